The minimum atomic E-state index is -0.687. The number of aryl methyl sites for hydroxylation is 1. The molecule has 0 N–H and O–H groups in total. The van der Waals surface area contributed by atoms with Crippen molar-refractivity contribution in [1.29, 1.82) is 0 Å². The van der Waals surface area contributed by atoms with Gasteiger partial charge in [-0.15, -0.1) is 0 Å². The second kappa shape index (κ2) is 7.99. The van der Waals surface area contributed by atoms with Crippen molar-refractivity contribution in [1.82, 2.24) is 24.5 Å². The van der Waals surface area contributed by atoms with Crippen molar-refractivity contribution < 1.29 is 9.59 Å². The number of hydrogen-bond donors (Lipinski definition) is 0. The highest BCUT2D eigenvalue weighted by molar-refractivity contribution is 6.07. The van der Waals surface area contributed by atoms with Gasteiger partial charge in [0.1, 0.15) is 5.54 Å². The van der Waals surface area contributed by atoms with Crippen molar-refractivity contribution in [2.45, 2.75) is 38.3 Å². The Bertz CT molecular complexity index is 870. The molecule has 0 saturated carbocycles. The lowest BCUT2D eigenvalue weighted by atomic mass is 9.85. The summed E-state index contributed by atoms with van der Waals surface area (Å²) in [6, 6.07) is 10.0. The molecule has 4 rings (SSSR count). The molecule has 0 atom stereocenters. The number of piperidine rings is 1. The molecule has 0 radical (unpaired) electrons. The number of hydrogen-bond acceptors (Lipinski definition) is 4. The smallest absolute Gasteiger partial charge is 0.309 e. The Morgan fingerprint density at radius 1 is 1.07 bits per heavy atom. The number of benzene rings is 1. The summed E-state index contributed by atoms with van der Waals surface area (Å²) in [4.78, 5) is 31.9. The molecule has 3 amide bonds. The molecular weight excluding hydrogens is 366 g/mol. The first kappa shape index (κ1) is 19.6. The molecular formula is C22H29N5O2. The summed E-state index contributed by atoms with van der Waals surface area (Å²) in [7, 11) is 1.92. The minimum Gasteiger partial charge on any atom is -0.309 e. The van der Waals surface area contributed by atoms with Gasteiger partial charge in [0.15, 0.2) is 0 Å². The van der Waals surface area contributed by atoms with Crippen molar-refractivity contribution in [2.75, 3.05) is 26.2 Å². The number of carbonyl (C=O) groups excluding carboxylic acids is 2. The normalized spacial score (nSPS) is 19.5. The van der Waals surface area contributed by atoms with Gasteiger partial charge in [-0.1, -0.05) is 30.3 Å². The highest BCUT2D eigenvalue weighted by atomic mass is 16.2. The third-order valence-electron chi connectivity index (χ3n) is 6.25. The maximum atomic E-state index is 13.2. The van der Waals surface area contributed by atoms with E-state index in [-0.39, 0.29) is 11.9 Å². The van der Waals surface area contributed by atoms with Crippen LogP contribution in [0.5, 0.6) is 0 Å². The zero-order chi connectivity index (χ0) is 20.4. The second-order valence-corrected chi connectivity index (χ2v) is 8.05. The van der Waals surface area contributed by atoms with Crippen LogP contribution in [0.15, 0.2) is 42.7 Å². The van der Waals surface area contributed by atoms with Crippen LogP contribution < -0.4 is 0 Å². The average molecular weight is 396 g/mol. The molecule has 0 bridgehead atoms. The Labute approximate surface area is 171 Å². The fourth-order valence-electron chi connectivity index (χ4n) is 4.63. The third-order valence-corrected chi connectivity index (χ3v) is 6.25. The van der Waals surface area contributed by atoms with E-state index >= 15 is 0 Å². The Balaban J connectivity index is 1.48. The summed E-state index contributed by atoms with van der Waals surface area (Å²) < 4.78 is 1.81. The minimum absolute atomic E-state index is 0.0147. The van der Waals surface area contributed by atoms with Crippen LogP contribution in [-0.4, -0.2) is 68.1 Å². The molecule has 2 aromatic rings. The van der Waals surface area contributed by atoms with E-state index in [1.165, 1.54) is 16.0 Å². The standard InChI is InChI=1S/C22H29N5O2/c1-3-26-20(28)22(27(21(26)29)12-9-18-7-5-4-6-8-18)10-13-25(14-11-22)17-19-15-23-24(2)16-19/h4-8,15-16H,3,9-14,17H2,1-2H3. The Morgan fingerprint density at radius 2 is 1.79 bits per heavy atom. The van der Waals surface area contributed by atoms with Crippen LogP contribution in [0.4, 0.5) is 4.79 Å². The largest absolute Gasteiger partial charge is 0.327 e. The molecule has 0 aliphatic carbocycles. The van der Waals surface area contributed by atoms with Crippen LogP contribution in [0.1, 0.15) is 30.9 Å². The number of likely N-dealkylation sites (N-methyl/N-ethyl adjacent to an activating group) is 1. The van der Waals surface area contributed by atoms with E-state index in [4.69, 9.17) is 0 Å². The summed E-state index contributed by atoms with van der Waals surface area (Å²) in [5.74, 6) is -0.0147. The Hall–Kier alpha value is -2.67. The molecule has 7 heteroatoms. The number of carbonyl (C=O) groups is 2. The first-order valence-electron chi connectivity index (χ1n) is 10.4. The SMILES string of the molecule is CCN1C(=O)N(CCc2ccccc2)C2(CCN(Cc3cnn(C)c3)CC2)C1=O. The van der Waals surface area contributed by atoms with Gasteiger partial charge in [0.2, 0.25) is 0 Å². The van der Waals surface area contributed by atoms with Crippen LogP contribution in [0.2, 0.25) is 0 Å². The van der Waals surface area contributed by atoms with Gasteiger partial charge < -0.3 is 4.90 Å². The number of imide groups is 1. The van der Waals surface area contributed by atoms with Gasteiger partial charge in [0, 0.05) is 51.5 Å². The molecule has 2 aliphatic heterocycles. The summed E-state index contributed by atoms with van der Waals surface area (Å²) in [6.07, 6.45) is 6.05. The first-order chi connectivity index (χ1) is 14.0. The van der Waals surface area contributed by atoms with E-state index in [1.807, 2.05) is 54.1 Å². The topological polar surface area (TPSA) is 61.7 Å². The maximum absolute atomic E-state index is 13.2. The van der Waals surface area contributed by atoms with Gasteiger partial charge in [0.25, 0.3) is 5.91 Å². The fraction of sp³-hybridized carbons (Fsp3) is 0.500. The molecule has 0 unspecified atom stereocenters. The van der Waals surface area contributed by atoms with Crippen LogP contribution in [0.25, 0.3) is 0 Å². The van der Waals surface area contributed by atoms with E-state index in [2.05, 4.69) is 22.1 Å². The molecule has 2 fully saturated rings. The molecule has 3 heterocycles. The average Bonchev–Trinajstić information content (AvgIpc) is 3.22. The summed E-state index contributed by atoms with van der Waals surface area (Å²) >= 11 is 0. The maximum Gasteiger partial charge on any atom is 0.327 e. The van der Waals surface area contributed by atoms with E-state index in [1.54, 1.807) is 0 Å². The van der Waals surface area contributed by atoms with E-state index in [9.17, 15) is 9.59 Å². The summed E-state index contributed by atoms with van der Waals surface area (Å²) in [5.41, 5.74) is 1.67. The lowest BCUT2D eigenvalue weighted by Gasteiger charge is -2.42. The first-order valence-corrected chi connectivity index (χ1v) is 10.4. The lowest BCUT2D eigenvalue weighted by Crippen LogP contribution is -2.56. The number of likely N-dealkylation sites (tertiary alicyclic amines) is 1. The highest BCUT2D eigenvalue weighted by Crippen LogP contribution is 2.37. The van der Waals surface area contributed by atoms with E-state index < -0.39 is 5.54 Å². The number of rotatable bonds is 6. The van der Waals surface area contributed by atoms with E-state index in [0.29, 0.717) is 25.9 Å². The fourth-order valence-corrected chi connectivity index (χ4v) is 4.63. The molecule has 2 saturated heterocycles. The molecule has 154 valence electrons. The van der Waals surface area contributed by atoms with Crippen molar-refractivity contribution in [3.8, 4) is 0 Å². The predicted molar refractivity (Wildman–Crippen MR) is 110 cm³/mol. The molecule has 7 nitrogen and oxygen atoms in total. The van der Waals surface area contributed by atoms with Gasteiger partial charge in [-0.05, 0) is 31.7 Å². The van der Waals surface area contributed by atoms with Crippen LogP contribution in [0.3, 0.4) is 0 Å². The molecule has 1 spiro atoms. The molecule has 29 heavy (non-hydrogen) atoms. The molecule has 2 aliphatic rings. The van der Waals surface area contributed by atoms with Gasteiger partial charge in [-0.2, -0.15) is 5.10 Å². The quantitative estimate of drug-likeness (QED) is 0.704. The number of amides is 3. The van der Waals surface area contributed by atoms with Gasteiger partial charge in [-0.25, -0.2) is 4.79 Å². The van der Waals surface area contributed by atoms with Gasteiger partial charge in [0.05, 0.1) is 6.20 Å². The monoisotopic (exact) mass is 395 g/mol. The van der Waals surface area contributed by atoms with Crippen LogP contribution >= 0.6 is 0 Å². The number of nitrogens with zero attached hydrogens (tertiary/aromatic N) is 5. The van der Waals surface area contributed by atoms with E-state index in [0.717, 1.165) is 26.1 Å². The van der Waals surface area contributed by atoms with Crippen molar-refractivity contribution in [3.63, 3.8) is 0 Å². The van der Waals surface area contributed by atoms with Crippen LogP contribution in [0, 0.1) is 0 Å². The van der Waals surface area contributed by atoms with Gasteiger partial charge in [-0.3, -0.25) is 19.3 Å². The zero-order valence-corrected chi connectivity index (χ0v) is 17.3. The van der Waals surface area contributed by atoms with Crippen LogP contribution in [-0.2, 0) is 24.8 Å². The van der Waals surface area contributed by atoms with Crippen molar-refractivity contribution in [3.05, 3.63) is 53.9 Å². The van der Waals surface area contributed by atoms with Crippen molar-refractivity contribution >= 4 is 11.9 Å². The summed E-state index contributed by atoms with van der Waals surface area (Å²) in [5, 5.41) is 4.24. The Morgan fingerprint density at radius 3 is 2.41 bits per heavy atom. The highest BCUT2D eigenvalue weighted by Gasteiger charge is 2.57. The Kier molecular flexibility index (Phi) is 5.41. The van der Waals surface area contributed by atoms with Gasteiger partial charge >= 0.3 is 6.03 Å². The number of urea groups is 1. The molecule has 1 aromatic carbocycles. The predicted octanol–water partition coefficient (Wildman–Crippen LogP) is 2.28. The molecule has 1 aromatic heterocycles. The lowest BCUT2D eigenvalue weighted by molar-refractivity contribution is -0.135. The zero-order valence-electron chi connectivity index (χ0n) is 17.3. The number of aromatic nitrogens is 2. The second-order valence-electron chi connectivity index (χ2n) is 8.05. The van der Waals surface area contributed by atoms with Crippen molar-refractivity contribution in [2.24, 2.45) is 7.05 Å². The summed E-state index contributed by atoms with van der Waals surface area (Å²) in [6.45, 7) is 5.31. The third kappa shape index (κ3) is 3.67.